The normalized spacial score (nSPS) is 12.5. The molecule has 7 nitrogen and oxygen atoms in total. The molecule has 0 saturated carbocycles. The van der Waals surface area contributed by atoms with Crippen molar-refractivity contribution in [3.63, 3.8) is 0 Å². The van der Waals surface area contributed by atoms with Crippen molar-refractivity contribution >= 4 is 29.4 Å². The Morgan fingerprint density at radius 3 is 2.09 bits per heavy atom. The van der Waals surface area contributed by atoms with Crippen LogP contribution in [0, 0.1) is 5.82 Å². The fraction of sp³-hybridized carbons (Fsp3) is 0.0833. The van der Waals surface area contributed by atoms with E-state index in [9.17, 15) is 23.6 Å². The first-order valence-corrected chi connectivity index (χ1v) is 9.52. The van der Waals surface area contributed by atoms with Gasteiger partial charge in [-0.2, -0.15) is 0 Å². The van der Waals surface area contributed by atoms with Gasteiger partial charge in [-0.05, 0) is 60.2 Å². The third-order valence-corrected chi connectivity index (χ3v) is 4.95. The Balaban J connectivity index is 1.48. The van der Waals surface area contributed by atoms with Crippen molar-refractivity contribution in [1.82, 2.24) is 0 Å². The number of fused-ring (bicyclic) bond motifs is 1. The van der Waals surface area contributed by atoms with Gasteiger partial charge in [0, 0.05) is 0 Å². The van der Waals surface area contributed by atoms with Crippen molar-refractivity contribution < 1.29 is 33.0 Å². The van der Waals surface area contributed by atoms with Crippen LogP contribution >= 0.6 is 0 Å². The summed E-state index contributed by atoms with van der Waals surface area (Å²) in [5.41, 5.74) is 1.58. The molecular weight excluding hydrogens is 417 g/mol. The second kappa shape index (κ2) is 8.43. The topological polar surface area (TPSA) is 90.0 Å². The molecule has 32 heavy (non-hydrogen) atoms. The first kappa shape index (κ1) is 20.9. The third kappa shape index (κ3) is 3.85. The monoisotopic (exact) mass is 433 g/mol. The van der Waals surface area contributed by atoms with Crippen molar-refractivity contribution in [2.24, 2.45) is 0 Å². The Kier molecular flexibility index (Phi) is 5.51. The van der Waals surface area contributed by atoms with Gasteiger partial charge in [0.15, 0.2) is 0 Å². The summed E-state index contributed by atoms with van der Waals surface area (Å²) in [7, 11) is 1.28. The molecule has 0 radical (unpaired) electrons. The number of carbonyl (C=O) groups excluding carboxylic acids is 4. The average Bonchev–Trinajstić information content (AvgIpc) is 3.07. The molecule has 0 aliphatic carbocycles. The molecule has 0 bridgehead atoms. The van der Waals surface area contributed by atoms with Gasteiger partial charge in [0.25, 0.3) is 11.8 Å². The summed E-state index contributed by atoms with van der Waals surface area (Å²) in [6.45, 7) is -0.0497. The van der Waals surface area contributed by atoms with E-state index in [1.165, 1.54) is 37.4 Å². The number of hydrogen-bond acceptors (Lipinski definition) is 6. The highest BCUT2D eigenvalue weighted by Crippen LogP contribution is 2.29. The quantitative estimate of drug-likeness (QED) is 0.450. The summed E-state index contributed by atoms with van der Waals surface area (Å²) < 4.78 is 23.1. The van der Waals surface area contributed by atoms with E-state index in [2.05, 4.69) is 4.74 Å². The predicted octanol–water partition coefficient (Wildman–Crippen LogP) is 3.77. The van der Waals surface area contributed by atoms with Gasteiger partial charge >= 0.3 is 11.9 Å². The zero-order valence-electron chi connectivity index (χ0n) is 16.8. The maximum Gasteiger partial charge on any atom is 0.338 e. The van der Waals surface area contributed by atoms with E-state index in [4.69, 9.17) is 4.74 Å². The molecule has 2 amide bonds. The van der Waals surface area contributed by atoms with Crippen molar-refractivity contribution in [2.45, 2.75) is 6.61 Å². The van der Waals surface area contributed by atoms with Gasteiger partial charge < -0.3 is 9.47 Å². The lowest BCUT2D eigenvalue weighted by Crippen LogP contribution is -2.29. The lowest BCUT2D eigenvalue weighted by Gasteiger charge is -2.13. The van der Waals surface area contributed by atoms with Crippen LogP contribution in [-0.2, 0) is 16.1 Å². The molecule has 1 aliphatic rings. The van der Waals surface area contributed by atoms with Crippen LogP contribution < -0.4 is 4.90 Å². The number of nitrogens with zero attached hydrogens (tertiary/aromatic N) is 1. The minimum atomic E-state index is -0.676. The summed E-state index contributed by atoms with van der Waals surface area (Å²) in [5.74, 6) is -2.80. The first-order chi connectivity index (χ1) is 15.4. The number of halogens is 1. The second-order valence-electron chi connectivity index (χ2n) is 6.95. The van der Waals surface area contributed by atoms with Gasteiger partial charge in [0.05, 0.1) is 35.1 Å². The van der Waals surface area contributed by atoms with Crippen LogP contribution in [-0.4, -0.2) is 30.9 Å². The number of anilines is 1. The summed E-state index contributed by atoms with van der Waals surface area (Å²) >= 11 is 0. The number of ether oxygens (including phenoxy) is 2. The molecule has 0 aromatic heterocycles. The Morgan fingerprint density at radius 2 is 1.44 bits per heavy atom. The molecule has 1 heterocycles. The van der Waals surface area contributed by atoms with Crippen molar-refractivity contribution in [3.05, 3.63) is 100 Å². The van der Waals surface area contributed by atoms with Gasteiger partial charge in [0.1, 0.15) is 12.4 Å². The summed E-state index contributed by atoms with van der Waals surface area (Å²) in [5, 5.41) is 0. The first-order valence-electron chi connectivity index (χ1n) is 9.52. The van der Waals surface area contributed by atoms with Crippen LogP contribution in [0.3, 0.4) is 0 Å². The van der Waals surface area contributed by atoms with Gasteiger partial charge in [-0.15, -0.1) is 0 Å². The Morgan fingerprint density at radius 1 is 0.812 bits per heavy atom. The molecule has 160 valence electrons. The van der Waals surface area contributed by atoms with Gasteiger partial charge in [-0.1, -0.05) is 12.1 Å². The Labute approximate surface area is 182 Å². The SMILES string of the molecule is COC(=O)c1ccc(COC(=O)c2ccc3c(c2)C(=O)N(c2ccc(F)cc2)C3=O)cc1. The minimum absolute atomic E-state index is 0.0497. The molecule has 0 spiro atoms. The Hall–Kier alpha value is -4.33. The second-order valence-corrected chi connectivity index (χ2v) is 6.95. The lowest BCUT2D eigenvalue weighted by molar-refractivity contribution is 0.0471. The van der Waals surface area contributed by atoms with E-state index in [0.717, 1.165) is 17.0 Å². The van der Waals surface area contributed by atoms with Crippen LogP contribution in [0.15, 0.2) is 66.7 Å². The number of methoxy groups -OCH3 is 1. The smallest absolute Gasteiger partial charge is 0.338 e. The minimum Gasteiger partial charge on any atom is -0.465 e. The highest BCUT2D eigenvalue weighted by Gasteiger charge is 2.37. The number of amides is 2. The molecule has 3 aromatic carbocycles. The molecule has 0 unspecified atom stereocenters. The number of benzene rings is 3. The fourth-order valence-electron chi connectivity index (χ4n) is 3.28. The van der Waals surface area contributed by atoms with E-state index in [1.807, 2.05) is 0 Å². The van der Waals surface area contributed by atoms with E-state index in [0.29, 0.717) is 11.1 Å². The summed E-state index contributed by atoms with van der Waals surface area (Å²) in [6, 6.07) is 15.4. The van der Waals surface area contributed by atoms with Crippen LogP contribution in [0.2, 0.25) is 0 Å². The van der Waals surface area contributed by atoms with E-state index < -0.39 is 29.6 Å². The highest BCUT2D eigenvalue weighted by molar-refractivity contribution is 6.34. The highest BCUT2D eigenvalue weighted by atomic mass is 19.1. The lowest BCUT2D eigenvalue weighted by atomic mass is 10.1. The summed E-state index contributed by atoms with van der Waals surface area (Å²) in [4.78, 5) is 50.3. The molecule has 0 saturated heterocycles. The number of carbonyl (C=O) groups is 4. The van der Waals surface area contributed by atoms with Gasteiger partial charge in [-0.25, -0.2) is 18.9 Å². The zero-order chi connectivity index (χ0) is 22.8. The van der Waals surface area contributed by atoms with Crippen molar-refractivity contribution in [3.8, 4) is 0 Å². The number of imide groups is 1. The molecule has 8 heteroatoms. The van der Waals surface area contributed by atoms with E-state index in [-0.39, 0.29) is 29.0 Å². The molecule has 0 fully saturated rings. The van der Waals surface area contributed by atoms with Crippen molar-refractivity contribution in [1.29, 1.82) is 0 Å². The molecule has 0 N–H and O–H groups in total. The largest absolute Gasteiger partial charge is 0.465 e. The zero-order valence-corrected chi connectivity index (χ0v) is 16.8. The number of esters is 2. The fourth-order valence-corrected chi connectivity index (χ4v) is 3.28. The molecule has 3 aromatic rings. The van der Waals surface area contributed by atoms with E-state index >= 15 is 0 Å². The maximum absolute atomic E-state index is 13.2. The average molecular weight is 433 g/mol. The molecule has 4 rings (SSSR count). The van der Waals surface area contributed by atoms with E-state index in [1.54, 1.807) is 24.3 Å². The number of hydrogen-bond donors (Lipinski definition) is 0. The van der Waals surface area contributed by atoms with Crippen LogP contribution in [0.4, 0.5) is 10.1 Å². The van der Waals surface area contributed by atoms with Gasteiger partial charge in [-0.3, -0.25) is 9.59 Å². The molecular formula is C24H16FNO6. The maximum atomic E-state index is 13.2. The Bertz CT molecular complexity index is 1230. The summed E-state index contributed by atoms with van der Waals surface area (Å²) in [6.07, 6.45) is 0. The van der Waals surface area contributed by atoms with Crippen LogP contribution in [0.5, 0.6) is 0 Å². The predicted molar refractivity (Wildman–Crippen MR) is 111 cm³/mol. The van der Waals surface area contributed by atoms with Gasteiger partial charge in [0.2, 0.25) is 0 Å². The van der Waals surface area contributed by atoms with Crippen LogP contribution in [0.1, 0.15) is 47.0 Å². The standard InChI is InChI=1S/C24H16FNO6/c1-31-23(29)15-4-2-14(3-5-15)13-32-24(30)16-6-11-19-20(12-16)22(28)26(21(19)27)18-9-7-17(25)8-10-18/h2-12H,13H2,1H3. The molecule has 0 atom stereocenters. The third-order valence-electron chi connectivity index (χ3n) is 4.95. The van der Waals surface area contributed by atoms with Crippen LogP contribution in [0.25, 0.3) is 0 Å². The number of rotatable bonds is 5. The van der Waals surface area contributed by atoms with Crippen molar-refractivity contribution in [2.75, 3.05) is 12.0 Å². The molecule has 1 aliphatic heterocycles.